The molecule has 2 heterocycles. The van der Waals surface area contributed by atoms with Crippen LogP contribution >= 0.6 is 23.2 Å². The number of aliphatic hydroxyl groups excluding tert-OH is 1. The summed E-state index contributed by atoms with van der Waals surface area (Å²) in [6.07, 6.45) is -0.0218. The number of likely N-dealkylation sites (tertiary alicyclic amines) is 1. The third-order valence-corrected chi connectivity index (χ3v) is 5.69. The van der Waals surface area contributed by atoms with Crippen molar-refractivity contribution in [1.82, 2.24) is 10.2 Å². The topological polar surface area (TPSA) is 99.2 Å². The summed E-state index contributed by atoms with van der Waals surface area (Å²) in [5, 5.41) is 11.4. The van der Waals surface area contributed by atoms with Gasteiger partial charge in [0, 0.05) is 13.1 Å². The normalized spacial score (nSPS) is 19.9. The van der Waals surface area contributed by atoms with Crippen molar-refractivity contribution in [1.29, 1.82) is 0 Å². The zero-order chi connectivity index (χ0) is 21.8. The summed E-state index contributed by atoms with van der Waals surface area (Å²) in [6, 6.07) is 4.70. The number of anilines is 1. The Morgan fingerprint density at radius 3 is 2.60 bits per heavy atom. The highest BCUT2D eigenvalue weighted by Gasteiger charge is 2.34. The van der Waals surface area contributed by atoms with Crippen molar-refractivity contribution in [3.63, 3.8) is 0 Å². The van der Waals surface area contributed by atoms with Crippen molar-refractivity contribution in [2.75, 3.05) is 37.7 Å². The molecule has 2 N–H and O–H groups in total. The molecule has 0 unspecified atom stereocenters. The van der Waals surface area contributed by atoms with Gasteiger partial charge in [0.2, 0.25) is 5.91 Å². The molecule has 11 heteroatoms. The molecule has 0 spiro atoms. The minimum absolute atomic E-state index is 0.0157. The minimum Gasteiger partial charge on any atom is -0.442 e. The maximum absolute atomic E-state index is 14.8. The molecule has 3 amide bonds. The molecule has 0 bridgehead atoms. The number of cyclic esters (lactones) is 1. The molecular formula is C19H22Cl2FN3O5. The first-order valence-corrected chi connectivity index (χ1v) is 10.4. The van der Waals surface area contributed by atoms with Gasteiger partial charge in [-0.1, -0.05) is 29.3 Å². The lowest BCUT2D eigenvalue weighted by molar-refractivity contribution is -0.135. The van der Waals surface area contributed by atoms with Crippen molar-refractivity contribution in [3.8, 4) is 0 Å². The van der Waals surface area contributed by atoms with E-state index in [4.69, 9.17) is 33.0 Å². The van der Waals surface area contributed by atoms with Crippen molar-refractivity contribution in [2.24, 2.45) is 0 Å². The van der Waals surface area contributed by atoms with Crippen LogP contribution in [0.15, 0.2) is 18.2 Å². The van der Waals surface area contributed by atoms with Gasteiger partial charge in [-0.05, 0) is 36.5 Å². The number of carbonyl (C=O) groups is 3. The molecule has 2 aliphatic heterocycles. The van der Waals surface area contributed by atoms with Crippen LogP contribution in [0.2, 0.25) is 0 Å². The monoisotopic (exact) mass is 461 g/mol. The minimum atomic E-state index is -1.23. The summed E-state index contributed by atoms with van der Waals surface area (Å²) in [7, 11) is 0. The number of hydrogen-bond donors (Lipinski definition) is 2. The second-order valence-electron chi connectivity index (χ2n) is 7.19. The van der Waals surface area contributed by atoms with Gasteiger partial charge in [-0.15, -0.1) is 0 Å². The number of amides is 3. The van der Waals surface area contributed by atoms with Crippen molar-refractivity contribution in [2.45, 2.75) is 29.7 Å². The van der Waals surface area contributed by atoms with Gasteiger partial charge in [-0.2, -0.15) is 0 Å². The van der Waals surface area contributed by atoms with Crippen molar-refractivity contribution < 1.29 is 28.6 Å². The number of nitrogens with zero attached hydrogens (tertiary/aromatic N) is 2. The Labute approximate surface area is 182 Å². The van der Waals surface area contributed by atoms with Crippen molar-refractivity contribution >= 4 is 46.8 Å². The number of piperidine rings is 1. The zero-order valence-corrected chi connectivity index (χ0v) is 17.5. The van der Waals surface area contributed by atoms with Crippen LogP contribution in [-0.4, -0.2) is 71.6 Å². The number of alkyl halides is 2. The highest BCUT2D eigenvalue weighted by Crippen LogP contribution is 2.32. The molecule has 8 nitrogen and oxygen atoms in total. The van der Waals surface area contributed by atoms with E-state index in [0.717, 1.165) is 5.56 Å². The lowest BCUT2D eigenvalue weighted by Gasteiger charge is -2.32. The van der Waals surface area contributed by atoms with E-state index in [9.17, 15) is 18.8 Å². The molecule has 0 aromatic heterocycles. The summed E-state index contributed by atoms with van der Waals surface area (Å²) in [6.45, 7) is 0.590. The molecule has 2 saturated heterocycles. The number of nitrogens with one attached hydrogen (secondary N) is 1. The van der Waals surface area contributed by atoms with Gasteiger partial charge < -0.3 is 20.1 Å². The molecular weight excluding hydrogens is 440 g/mol. The van der Waals surface area contributed by atoms with E-state index in [-0.39, 0.29) is 30.6 Å². The van der Waals surface area contributed by atoms with E-state index in [2.05, 4.69) is 5.32 Å². The average Bonchev–Trinajstić information content (AvgIpc) is 3.11. The standard InChI is InChI=1S/C19H22Cl2FN3O5/c20-17(21)18(28)23-8-13-9-25(19(29)30-13)15-2-1-12(7-14(15)22)11-3-5-24(6-4-11)16(27)10-26/h1-2,7,11,13,17,26H,3-6,8-10H2,(H,23,28)/t13-/m0/s1. The summed E-state index contributed by atoms with van der Waals surface area (Å²) in [5.74, 6) is -1.37. The van der Waals surface area contributed by atoms with Crippen LogP contribution in [0, 0.1) is 5.82 Å². The van der Waals surface area contributed by atoms with Gasteiger partial charge in [0.1, 0.15) is 18.5 Å². The largest absolute Gasteiger partial charge is 0.442 e. The number of benzene rings is 1. The Hall–Kier alpha value is -2.10. The summed E-state index contributed by atoms with van der Waals surface area (Å²) in [5.41, 5.74) is 0.886. The first-order chi connectivity index (χ1) is 14.3. The van der Waals surface area contributed by atoms with Gasteiger partial charge in [-0.25, -0.2) is 9.18 Å². The Morgan fingerprint density at radius 1 is 1.30 bits per heavy atom. The molecule has 0 radical (unpaired) electrons. The van der Waals surface area contributed by atoms with Crippen LogP contribution < -0.4 is 10.2 Å². The highest BCUT2D eigenvalue weighted by molar-refractivity contribution is 6.53. The Bertz CT molecular complexity index is 817. The SMILES string of the molecule is O=C(NC[C@H]1CN(c2ccc(C3CCN(C(=O)CO)CC3)cc2F)C(=O)O1)C(Cl)Cl. The van der Waals surface area contributed by atoms with Gasteiger partial charge in [0.15, 0.2) is 4.84 Å². The van der Waals surface area contributed by atoms with E-state index < -0.39 is 35.4 Å². The Kier molecular flexibility index (Phi) is 7.38. The van der Waals surface area contributed by atoms with Crippen molar-refractivity contribution in [3.05, 3.63) is 29.6 Å². The van der Waals surface area contributed by atoms with Crippen LogP contribution in [0.5, 0.6) is 0 Å². The van der Waals surface area contributed by atoms with Gasteiger partial charge in [-0.3, -0.25) is 14.5 Å². The van der Waals surface area contributed by atoms with E-state index in [1.54, 1.807) is 11.0 Å². The third kappa shape index (κ3) is 5.14. The van der Waals surface area contributed by atoms with Crippen LogP contribution in [0.1, 0.15) is 24.3 Å². The second kappa shape index (κ2) is 9.80. The van der Waals surface area contributed by atoms with E-state index >= 15 is 0 Å². The molecule has 1 aromatic carbocycles. The van der Waals surface area contributed by atoms with E-state index in [1.165, 1.54) is 17.0 Å². The van der Waals surface area contributed by atoms with E-state index in [0.29, 0.717) is 25.9 Å². The fourth-order valence-electron chi connectivity index (χ4n) is 3.67. The van der Waals surface area contributed by atoms with E-state index in [1.807, 2.05) is 0 Å². The fourth-order valence-corrected chi connectivity index (χ4v) is 3.83. The lowest BCUT2D eigenvalue weighted by Crippen LogP contribution is -2.39. The summed E-state index contributed by atoms with van der Waals surface area (Å²) >= 11 is 10.9. The number of hydrogen-bond acceptors (Lipinski definition) is 5. The molecule has 2 aliphatic rings. The number of ether oxygens (including phenoxy) is 1. The summed E-state index contributed by atoms with van der Waals surface area (Å²) in [4.78, 5) is 36.7. The fraction of sp³-hybridized carbons (Fsp3) is 0.526. The number of halogens is 3. The first kappa shape index (κ1) is 22.6. The molecule has 3 rings (SSSR count). The number of rotatable bonds is 6. The predicted octanol–water partition coefficient (Wildman–Crippen LogP) is 1.77. The predicted molar refractivity (Wildman–Crippen MR) is 108 cm³/mol. The number of carbonyl (C=O) groups excluding carboxylic acids is 3. The third-order valence-electron chi connectivity index (χ3n) is 5.29. The van der Waals surface area contributed by atoms with Crippen LogP contribution in [0.4, 0.5) is 14.9 Å². The van der Waals surface area contributed by atoms with Gasteiger partial charge in [0.05, 0.1) is 18.8 Å². The molecule has 1 atom stereocenters. The Morgan fingerprint density at radius 2 is 2.00 bits per heavy atom. The molecule has 0 saturated carbocycles. The summed E-state index contributed by atoms with van der Waals surface area (Å²) < 4.78 is 20.0. The first-order valence-electron chi connectivity index (χ1n) is 9.52. The van der Waals surface area contributed by atoms with Crippen LogP contribution in [0.25, 0.3) is 0 Å². The molecule has 164 valence electrons. The Balaban J connectivity index is 1.61. The maximum Gasteiger partial charge on any atom is 0.414 e. The second-order valence-corrected chi connectivity index (χ2v) is 8.28. The van der Waals surface area contributed by atoms with Crippen LogP contribution in [-0.2, 0) is 14.3 Å². The maximum atomic E-state index is 14.8. The quantitative estimate of drug-likeness (QED) is 0.628. The number of aliphatic hydroxyl groups is 1. The van der Waals surface area contributed by atoms with Gasteiger partial charge >= 0.3 is 6.09 Å². The highest BCUT2D eigenvalue weighted by atomic mass is 35.5. The lowest BCUT2D eigenvalue weighted by atomic mass is 9.89. The molecule has 2 fully saturated rings. The van der Waals surface area contributed by atoms with Gasteiger partial charge in [0.25, 0.3) is 5.91 Å². The smallest absolute Gasteiger partial charge is 0.414 e. The molecule has 30 heavy (non-hydrogen) atoms. The molecule has 0 aliphatic carbocycles. The molecule has 1 aromatic rings. The van der Waals surface area contributed by atoms with Crippen LogP contribution in [0.3, 0.4) is 0 Å². The average molecular weight is 462 g/mol. The zero-order valence-electron chi connectivity index (χ0n) is 16.0.